The summed E-state index contributed by atoms with van der Waals surface area (Å²) >= 11 is 12.5. The molecule has 0 saturated heterocycles. The average molecular weight is 377 g/mol. The molecular formula is C14H18Cl2N4O2S. The summed E-state index contributed by atoms with van der Waals surface area (Å²) in [5.41, 5.74) is 0.641. The zero-order chi connectivity index (χ0) is 17.1. The largest absolute Gasteiger partial charge is 0.346 e. The van der Waals surface area contributed by atoms with E-state index in [1.807, 2.05) is 6.07 Å². The molecule has 0 atom stereocenters. The first-order chi connectivity index (χ1) is 11.1. The number of alkyl halides is 2. The Bertz CT molecular complexity index is 537. The predicted octanol–water partition coefficient (Wildman–Crippen LogP) is 3.43. The van der Waals surface area contributed by atoms with E-state index < -0.39 is 12.1 Å². The van der Waals surface area contributed by atoms with Gasteiger partial charge < -0.3 is 10.2 Å². The standard InChI is InChI=1S/C14H18Cl2N4O2S/c1-23-13(19-14(22)20(9-7-15)10-8-16)18-12(21)17-11-5-3-2-4-6-11/h2-6H,7-10H2,1H3,(H2,17,18,19,21,22). The van der Waals surface area contributed by atoms with Gasteiger partial charge in [-0.15, -0.1) is 23.2 Å². The van der Waals surface area contributed by atoms with Crippen LogP contribution in [0.15, 0.2) is 35.3 Å². The molecule has 0 aromatic heterocycles. The number of amides is 4. The number of halogens is 2. The van der Waals surface area contributed by atoms with Crippen LogP contribution in [0.1, 0.15) is 0 Å². The third-order valence-electron chi connectivity index (χ3n) is 2.62. The second-order valence-corrected chi connectivity index (χ2v) is 5.76. The highest BCUT2D eigenvalue weighted by atomic mass is 35.5. The van der Waals surface area contributed by atoms with Gasteiger partial charge in [-0.3, -0.25) is 5.32 Å². The van der Waals surface area contributed by atoms with E-state index in [1.165, 1.54) is 4.90 Å². The molecule has 0 aliphatic carbocycles. The van der Waals surface area contributed by atoms with Crippen molar-refractivity contribution in [3.63, 3.8) is 0 Å². The highest BCUT2D eigenvalue weighted by molar-refractivity contribution is 8.13. The summed E-state index contributed by atoms with van der Waals surface area (Å²) < 4.78 is 0. The van der Waals surface area contributed by atoms with Gasteiger partial charge in [-0.05, 0) is 18.4 Å². The number of hydrogen-bond acceptors (Lipinski definition) is 3. The summed E-state index contributed by atoms with van der Waals surface area (Å²) in [4.78, 5) is 29.3. The lowest BCUT2D eigenvalue weighted by Gasteiger charge is -2.18. The van der Waals surface area contributed by atoms with Crippen molar-refractivity contribution in [2.45, 2.75) is 0 Å². The maximum absolute atomic E-state index is 12.1. The number of nitrogens with one attached hydrogen (secondary N) is 2. The predicted molar refractivity (Wildman–Crippen MR) is 98.0 cm³/mol. The fourth-order valence-corrected chi connectivity index (χ4v) is 2.34. The Balaban J connectivity index is 2.66. The first kappa shape index (κ1) is 19.6. The van der Waals surface area contributed by atoms with E-state index in [0.29, 0.717) is 18.8 Å². The van der Waals surface area contributed by atoms with Gasteiger partial charge in [-0.2, -0.15) is 4.99 Å². The molecule has 0 spiro atoms. The molecule has 2 N–H and O–H groups in total. The first-order valence-corrected chi connectivity index (χ1v) is 9.06. The number of carbonyl (C=O) groups excluding carboxylic acids is 2. The van der Waals surface area contributed by atoms with Gasteiger partial charge in [0.15, 0.2) is 5.17 Å². The van der Waals surface area contributed by atoms with Crippen molar-refractivity contribution in [1.82, 2.24) is 10.2 Å². The van der Waals surface area contributed by atoms with Gasteiger partial charge in [0.25, 0.3) is 0 Å². The van der Waals surface area contributed by atoms with Crippen LogP contribution in [-0.4, -0.2) is 53.2 Å². The van der Waals surface area contributed by atoms with Gasteiger partial charge in [0.05, 0.1) is 0 Å². The second-order valence-electron chi connectivity index (χ2n) is 4.21. The number of nitrogens with zero attached hydrogens (tertiary/aromatic N) is 2. The van der Waals surface area contributed by atoms with Crippen molar-refractivity contribution in [2.24, 2.45) is 4.99 Å². The van der Waals surface area contributed by atoms with E-state index >= 15 is 0 Å². The van der Waals surface area contributed by atoms with Gasteiger partial charge in [-0.25, -0.2) is 9.59 Å². The number of anilines is 1. The molecule has 0 aliphatic rings. The van der Waals surface area contributed by atoms with Crippen LogP contribution in [-0.2, 0) is 0 Å². The minimum atomic E-state index is -0.490. The molecular weight excluding hydrogens is 359 g/mol. The molecule has 4 amide bonds. The van der Waals surface area contributed by atoms with Crippen molar-refractivity contribution >= 4 is 57.9 Å². The maximum Gasteiger partial charge on any atom is 0.346 e. The van der Waals surface area contributed by atoms with Gasteiger partial charge in [0.1, 0.15) is 0 Å². The molecule has 126 valence electrons. The number of rotatable bonds is 5. The van der Waals surface area contributed by atoms with Crippen molar-refractivity contribution in [3.8, 4) is 0 Å². The third-order valence-corrected chi connectivity index (χ3v) is 3.54. The van der Waals surface area contributed by atoms with Crippen molar-refractivity contribution < 1.29 is 9.59 Å². The second kappa shape index (κ2) is 11.2. The number of para-hydroxylation sites is 1. The molecule has 6 nitrogen and oxygen atoms in total. The number of urea groups is 2. The fourth-order valence-electron chi connectivity index (χ4n) is 1.57. The number of aliphatic imine (C=N–C) groups is 1. The van der Waals surface area contributed by atoms with E-state index in [2.05, 4.69) is 15.6 Å². The Kier molecular flexibility index (Phi) is 9.51. The van der Waals surface area contributed by atoms with E-state index in [9.17, 15) is 9.59 Å². The number of amidine groups is 1. The molecule has 0 aliphatic heterocycles. The molecule has 0 heterocycles. The lowest BCUT2D eigenvalue weighted by molar-refractivity contribution is 0.214. The van der Waals surface area contributed by atoms with Crippen LogP contribution in [0.25, 0.3) is 0 Å². The fraction of sp³-hybridized carbons (Fsp3) is 0.357. The van der Waals surface area contributed by atoms with E-state index in [4.69, 9.17) is 23.2 Å². The number of hydrogen-bond donors (Lipinski definition) is 2. The Morgan fingerprint density at radius 1 is 1.17 bits per heavy atom. The summed E-state index contributed by atoms with van der Waals surface area (Å²) in [5, 5.41) is 5.37. The molecule has 0 bridgehead atoms. The van der Waals surface area contributed by atoms with Crippen molar-refractivity contribution in [2.75, 3.05) is 36.4 Å². The lowest BCUT2D eigenvalue weighted by Crippen LogP contribution is -2.36. The van der Waals surface area contributed by atoms with Gasteiger partial charge in [0, 0.05) is 30.5 Å². The van der Waals surface area contributed by atoms with Crippen LogP contribution in [0.4, 0.5) is 15.3 Å². The SMILES string of the molecule is CSC(=NC(=O)N(CCCl)CCCl)NC(=O)Nc1ccccc1. The molecule has 1 aromatic rings. The van der Waals surface area contributed by atoms with Gasteiger partial charge in [-0.1, -0.05) is 30.0 Å². The van der Waals surface area contributed by atoms with Crippen LogP contribution >= 0.6 is 35.0 Å². The summed E-state index contributed by atoms with van der Waals surface area (Å²) in [6.07, 6.45) is 1.71. The highest BCUT2D eigenvalue weighted by Gasteiger charge is 2.14. The molecule has 0 radical (unpaired) electrons. The number of benzene rings is 1. The minimum Gasteiger partial charge on any atom is -0.320 e. The summed E-state index contributed by atoms with van der Waals surface area (Å²) in [6, 6.07) is 8.00. The Morgan fingerprint density at radius 3 is 2.30 bits per heavy atom. The van der Waals surface area contributed by atoms with Crippen LogP contribution < -0.4 is 10.6 Å². The molecule has 0 saturated carbocycles. The molecule has 23 heavy (non-hydrogen) atoms. The Morgan fingerprint density at radius 2 is 1.78 bits per heavy atom. The van der Waals surface area contributed by atoms with Crippen molar-refractivity contribution in [1.29, 1.82) is 0 Å². The van der Waals surface area contributed by atoms with Crippen LogP contribution in [0.3, 0.4) is 0 Å². The van der Waals surface area contributed by atoms with Crippen molar-refractivity contribution in [3.05, 3.63) is 30.3 Å². The molecule has 9 heteroatoms. The number of carbonyl (C=O) groups is 2. The molecule has 0 fully saturated rings. The molecule has 1 rings (SSSR count). The van der Waals surface area contributed by atoms with Gasteiger partial charge in [0.2, 0.25) is 0 Å². The quantitative estimate of drug-likeness (QED) is 0.469. The zero-order valence-electron chi connectivity index (χ0n) is 12.6. The van der Waals surface area contributed by atoms with E-state index in [0.717, 1.165) is 11.8 Å². The van der Waals surface area contributed by atoms with E-state index in [1.54, 1.807) is 30.5 Å². The smallest absolute Gasteiger partial charge is 0.320 e. The first-order valence-electron chi connectivity index (χ1n) is 6.77. The zero-order valence-corrected chi connectivity index (χ0v) is 14.9. The molecule has 1 aromatic carbocycles. The van der Waals surface area contributed by atoms with Crippen LogP contribution in [0.5, 0.6) is 0 Å². The van der Waals surface area contributed by atoms with E-state index in [-0.39, 0.29) is 16.9 Å². The van der Waals surface area contributed by atoms with Crippen LogP contribution in [0.2, 0.25) is 0 Å². The molecule has 0 unspecified atom stereocenters. The topological polar surface area (TPSA) is 73.8 Å². The minimum absolute atomic E-state index is 0.192. The van der Waals surface area contributed by atoms with Gasteiger partial charge >= 0.3 is 12.1 Å². The third kappa shape index (κ3) is 7.58. The van der Waals surface area contributed by atoms with Crippen LogP contribution in [0, 0.1) is 0 Å². The normalized spacial score (nSPS) is 11.0. The summed E-state index contributed by atoms with van der Waals surface area (Å²) in [6.45, 7) is 0.683. The highest BCUT2D eigenvalue weighted by Crippen LogP contribution is 2.05. The average Bonchev–Trinajstić information content (AvgIpc) is 2.54. The number of thioether (sulfide) groups is 1. The summed E-state index contributed by atoms with van der Waals surface area (Å²) in [5.74, 6) is 0.573. The maximum atomic E-state index is 12.1. The summed E-state index contributed by atoms with van der Waals surface area (Å²) in [7, 11) is 0. The Hall–Kier alpha value is -1.44. The monoisotopic (exact) mass is 376 g/mol. The lowest BCUT2D eigenvalue weighted by atomic mass is 10.3. The Labute approximate surface area is 149 Å².